The third-order valence-electron chi connectivity index (χ3n) is 2.22. The Balaban J connectivity index is 2.39. The quantitative estimate of drug-likeness (QED) is 0.748. The van der Waals surface area contributed by atoms with E-state index in [9.17, 15) is 9.59 Å². The Morgan fingerprint density at radius 1 is 1.56 bits per heavy atom. The fourth-order valence-electron chi connectivity index (χ4n) is 1.32. The Morgan fingerprint density at radius 3 is 2.78 bits per heavy atom. The van der Waals surface area contributed by atoms with Crippen molar-refractivity contribution in [1.29, 1.82) is 0 Å². The number of carbonyl (C=O) groups excluding carboxylic acids is 1. The van der Waals surface area contributed by atoms with Crippen molar-refractivity contribution in [2.24, 2.45) is 0 Å². The minimum atomic E-state index is -1.04. The number of aliphatic carboxylic acids is 1. The van der Waals surface area contributed by atoms with Gasteiger partial charge in [-0.05, 0) is 13.8 Å². The first-order valence-electron chi connectivity index (χ1n) is 5.52. The number of carbonyl (C=O) groups is 2. The number of carboxylic acids is 1. The summed E-state index contributed by atoms with van der Waals surface area (Å²) in [4.78, 5) is 27.4. The van der Waals surface area contributed by atoms with Crippen molar-refractivity contribution in [3.63, 3.8) is 0 Å². The molecule has 0 saturated heterocycles. The molecule has 0 radical (unpaired) electrons. The summed E-state index contributed by atoms with van der Waals surface area (Å²) in [6, 6.07) is -0.609. The zero-order valence-electron chi connectivity index (χ0n) is 10.3. The van der Waals surface area contributed by atoms with Gasteiger partial charge in [-0.1, -0.05) is 5.16 Å². The van der Waals surface area contributed by atoms with Crippen LogP contribution in [0.1, 0.15) is 19.7 Å². The summed E-state index contributed by atoms with van der Waals surface area (Å²) in [7, 11) is 0. The van der Waals surface area contributed by atoms with Gasteiger partial charge in [0.15, 0.2) is 5.82 Å². The van der Waals surface area contributed by atoms with Gasteiger partial charge in [-0.25, -0.2) is 4.79 Å². The van der Waals surface area contributed by atoms with Crippen LogP contribution < -0.4 is 5.32 Å². The van der Waals surface area contributed by atoms with Gasteiger partial charge in [-0.3, -0.25) is 4.79 Å². The summed E-state index contributed by atoms with van der Waals surface area (Å²) >= 11 is 0. The number of aromatic nitrogens is 2. The van der Waals surface area contributed by atoms with Gasteiger partial charge in [0.05, 0.1) is 0 Å². The van der Waals surface area contributed by atoms with Gasteiger partial charge < -0.3 is 19.8 Å². The summed E-state index contributed by atoms with van der Waals surface area (Å²) in [5.41, 5.74) is 0. The maximum Gasteiger partial charge on any atom is 0.323 e. The van der Waals surface area contributed by atoms with E-state index >= 15 is 0 Å². The Bertz CT molecular complexity index is 391. The molecule has 0 aliphatic rings. The summed E-state index contributed by atoms with van der Waals surface area (Å²) in [6.07, 6.45) is 1.64. The molecule has 8 nitrogen and oxygen atoms in total. The van der Waals surface area contributed by atoms with Gasteiger partial charge in [-0.2, -0.15) is 4.98 Å². The molecular formula is C10H16N4O4. The average molecular weight is 256 g/mol. The molecule has 18 heavy (non-hydrogen) atoms. The molecule has 0 saturated carbocycles. The smallest absolute Gasteiger partial charge is 0.323 e. The molecule has 0 spiro atoms. The maximum absolute atomic E-state index is 11.7. The Morgan fingerprint density at radius 2 is 2.28 bits per heavy atom. The SMILES string of the molecule is CC(C)N(CC(=O)O)C(=O)NCCc1ncon1. The van der Waals surface area contributed by atoms with E-state index in [4.69, 9.17) is 5.11 Å². The van der Waals surface area contributed by atoms with Crippen molar-refractivity contribution in [1.82, 2.24) is 20.4 Å². The molecule has 1 aromatic heterocycles. The number of urea groups is 1. The van der Waals surface area contributed by atoms with Crippen LogP contribution in [-0.4, -0.2) is 51.3 Å². The number of hydrogen-bond donors (Lipinski definition) is 2. The molecule has 0 aliphatic carbocycles. The number of hydrogen-bond acceptors (Lipinski definition) is 5. The van der Waals surface area contributed by atoms with Gasteiger partial charge in [0, 0.05) is 19.0 Å². The molecule has 1 aromatic rings. The van der Waals surface area contributed by atoms with E-state index in [1.54, 1.807) is 13.8 Å². The normalized spacial score (nSPS) is 10.4. The monoisotopic (exact) mass is 256 g/mol. The highest BCUT2D eigenvalue weighted by Crippen LogP contribution is 1.98. The Labute approximate surface area is 104 Å². The van der Waals surface area contributed by atoms with Crippen LogP contribution in [0, 0.1) is 0 Å². The second-order valence-corrected chi connectivity index (χ2v) is 3.94. The summed E-state index contributed by atoms with van der Waals surface area (Å²) in [5, 5.41) is 14.9. The van der Waals surface area contributed by atoms with E-state index in [1.165, 1.54) is 11.3 Å². The van der Waals surface area contributed by atoms with E-state index in [1.807, 2.05) is 0 Å². The second kappa shape index (κ2) is 6.58. The summed E-state index contributed by atoms with van der Waals surface area (Å²) in [6.45, 7) is 3.50. The van der Waals surface area contributed by atoms with Crippen LogP contribution in [-0.2, 0) is 11.2 Å². The molecule has 2 amide bonds. The molecule has 1 rings (SSSR count). The topological polar surface area (TPSA) is 109 Å². The third kappa shape index (κ3) is 4.40. The molecule has 0 fully saturated rings. The highest BCUT2D eigenvalue weighted by molar-refractivity contribution is 5.80. The largest absolute Gasteiger partial charge is 0.480 e. The van der Waals surface area contributed by atoms with Gasteiger partial charge in [0.1, 0.15) is 6.54 Å². The lowest BCUT2D eigenvalue weighted by Crippen LogP contribution is -2.46. The summed E-state index contributed by atoms with van der Waals surface area (Å²) in [5.74, 6) is -0.554. The van der Waals surface area contributed by atoms with E-state index in [-0.39, 0.29) is 12.6 Å². The zero-order chi connectivity index (χ0) is 13.5. The standard InChI is InChI=1S/C10H16N4O4/c1-7(2)14(5-9(15)16)10(17)11-4-3-8-12-6-18-13-8/h6-7H,3-5H2,1-2H3,(H,11,17)(H,15,16). The van der Waals surface area contributed by atoms with Crippen LogP contribution >= 0.6 is 0 Å². The van der Waals surface area contributed by atoms with E-state index in [2.05, 4.69) is 20.0 Å². The highest BCUT2D eigenvalue weighted by Gasteiger charge is 2.19. The Hall–Kier alpha value is -2.12. The molecular weight excluding hydrogens is 240 g/mol. The lowest BCUT2D eigenvalue weighted by Gasteiger charge is -2.24. The molecule has 0 aromatic carbocycles. The summed E-state index contributed by atoms with van der Waals surface area (Å²) < 4.78 is 4.55. The van der Waals surface area contributed by atoms with E-state index in [0.717, 1.165) is 0 Å². The third-order valence-corrected chi connectivity index (χ3v) is 2.22. The van der Waals surface area contributed by atoms with Gasteiger partial charge in [0.25, 0.3) is 0 Å². The van der Waals surface area contributed by atoms with Gasteiger partial charge in [0.2, 0.25) is 6.39 Å². The number of amides is 2. The predicted octanol–water partition coefficient (Wildman–Crippen LogP) is 0.117. The lowest BCUT2D eigenvalue weighted by atomic mass is 10.3. The van der Waals surface area contributed by atoms with Crippen molar-refractivity contribution in [3.05, 3.63) is 12.2 Å². The average Bonchev–Trinajstić information content (AvgIpc) is 2.78. The molecule has 1 heterocycles. The molecule has 100 valence electrons. The van der Waals surface area contributed by atoms with E-state index in [0.29, 0.717) is 18.8 Å². The van der Waals surface area contributed by atoms with Crippen LogP contribution in [0.5, 0.6) is 0 Å². The van der Waals surface area contributed by atoms with Gasteiger partial charge in [-0.15, -0.1) is 0 Å². The molecule has 0 aliphatic heterocycles. The molecule has 0 unspecified atom stereocenters. The number of carboxylic acid groups (broad SMARTS) is 1. The molecule has 8 heteroatoms. The van der Waals surface area contributed by atoms with Crippen molar-refractivity contribution >= 4 is 12.0 Å². The van der Waals surface area contributed by atoms with Gasteiger partial charge >= 0.3 is 12.0 Å². The molecule has 0 bridgehead atoms. The van der Waals surface area contributed by atoms with Crippen LogP contribution in [0.25, 0.3) is 0 Å². The lowest BCUT2D eigenvalue weighted by molar-refractivity contribution is -0.138. The predicted molar refractivity (Wildman–Crippen MR) is 60.9 cm³/mol. The maximum atomic E-state index is 11.7. The first-order valence-corrected chi connectivity index (χ1v) is 5.52. The zero-order valence-corrected chi connectivity index (χ0v) is 10.3. The van der Waals surface area contributed by atoms with Crippen LogP contribution in [0.3, 0.4) is 0 Å². The minimum absolute atomic E-state index is 0.189. The van der Waals surface area contributed by atoms with Crippen LogP contribution in [0.15, 0.2) is 10.9 Å². The first-order chi connectivity index (χ1) is 8.50. The number of nitrogens with zero attached hydrogens (tertiary/aromatic N) is 3. The minimum Gasteiger partial charge on any atom is -0.480 e. The Kier molecular flexibility index (Phi) is 5.09. The van der Waals surface area contributed by atoms with Crippen molar-refractivity contribution in [2.75, 3.05) is 13.1 Å². The number of rotatable bonds is 6. The van der Waals surface area contributed by atoms with Crippen molar-refractivity contribution < 1.29 is 19.2 Å². The highest BCUT2D eigenvalue weighted by atomic mass is 16.5. The second-order valence-electron chi connectivity index (χ2n) is 3.94. The fraction of sp³-hybridized carbons (Fsp3) is 0.600. The number of nitrogens with one attached hydrogen (secondary N) is 1. The molecule has 2 N–H and O–H groups in total. The van der Waals surface area contributed by atoms with Crippen molar-refractivity contribution in [3.8, 4) is 0 Å². The molecule has 0 atom stereocenters. The van der Waals surface area contributed by atoms with Crippen molar-refractivity contribution in [2.45, 2.75) is 26.3 Å². The van der Waals surface area contributed by atoms with Crippen LogP contribution in [0.2, 0.25) is 0 Å². The van der Waals surface area contributed by atoms with Crippen LogP contribution in [0.4, 0.5) is 4.79 Å². The first kappa shape index (κ1) is 13.9. The van der Waals surface area contributed by atoms with E-state index < -0.39 is 12.0 Å². The fourth-order valence-corrected chi connectivity index (χ4v) is 1.32.